The third-order valence-corrected chi connectivity index (χ3v) is 4.55. The van der Waals surface area contributed by atoms with E-state index in [0.29, 0.717) is 38.4 Å². The van der Waals surface area contributed by atoms with Gasteiger partial charge in [0.25, 0.3) is 0 Å². The quantitative estimate of drug-likeness (QED) is 0.590. The van der Waals surface area contributed by atoms with Crippen LogP contribution in [0.4, 0.5) is 0 Å². The summed E-state index contributed by atoms with van der Waals surface area (Å²) in [5.41, 5.74) is 5.96. The minimum absolute atomic E-state index is 0.392. The van der Waals surface area contributed by atoms with Crippen molar-refractivity contribution in [3.63, 3.8) is 0 Å². The van der Waals surface area contributed by atoms with Crippen LogP contribution in [0.2, 0.25) is 0 Å². The molecule has 3 N–H and O–H groups in total. The minimum Gasteiger partial charge on any atom is -0.389 e. The van der Waals surface area contributed by atoms with Gasteiger partial charge in [-0.05, 0) is 38.9 Å². The molecule has 2 saturated heterocycles. The first-order valence-electron chi connectivity index (χ1n) is 8.15. The van der Waals surface area contributed by atoms with Crippen molar-refractivity contribution in [2.45, 2.75) is 37.5 Å². The molecule has 0 bridgehead atoms. The fourth-order valence-electron chi connectivity index (χ4n) is 3.27. The predicted octanol–water partition coefficient (Wildman–Crippen LogP) is -0.492. The zero-order valence-electron chi connectivity index (χ0n) is 13.2. The normalized spacial score (nSPS) is 27.3. The number of hydrogen-bond donors (Lipinski definition) is 2. The fourth-order valence-corrected chi connectivity index (χ4v) is 3.27. The van der Waals surface area contributed by atoms with Gasteiger partial charge >= 0.3 is 0 Å². The van der Waals surface area contributed by atoms with E-state index in [1.807, 2.05) is 0 Å². The second-order valence-corrected chi connectivity index (χ2v) is 6.30. The smallest absolute Gasteiger partial charge is 0.0900 e. The summed E-state index contributed by atoms with van der Waals surface area (Å²) < 4.78 is 10.3. The first kappa shape index (κ1) is 17.1. The molecule has 2 heterocycles. The van der Waals surface area contributed by atoms with Gasteiger partial charge in [0.05, 0.1) is 25.9 Å². The van der Waals surface area contributed by atoms with Crippen LogP contribution in [0.25, 0.3) is 0 Å². The highest BCUT2D eigenvalue weighted by molar-refractivity contribution is 4.87. The maximum Gasteiger partial charge on any atom is 0.0900 e. The molecule has 2 aliphatic heterocycles. The van der Waals surface area contributed by atoms with Crippen LogP contribution in [0, 0.1) is 0 Å². The van der Waals surface area contributed by atoms with Gasteiger partial charge in [-0.25, -0.2) is 0 Å². The molecule has 6 heteroatoms. The second kappa shape index (κ2) is 9.02. The number of nitrogens with two attached hydrogens (primary N) is 1. The fraction of sp³-hybridized carbons (Fsp3) is 1.00. The van der Waals surface area contributed by atoms with Gasteiger partial charge < -0.3 is 20.3 Å². The van der Waals surface area contributed by atoms with Crippen LogP contribution in [0.3, 0.4) is 0 Å². The summed E-state index contributed by atoms with van der Waals surface area (Å²) in [5.74, 6) is 0. The number of nitrogens with zero attached hydrogens (tertiary/aromatic N) is 2. The SMILES string of the molecule is COCCOCC(O)CN1CCC(N2CCC(N)CC2)C1. The molecule has 2 fully saturated rings. The molecule has 0 radical (unpaired) electrons. The third-order valence-electron chi connectivity index (χ3n) is 4.55. The average molecular weight is 301 g/mol. The van der Waals surface area contributed by atoms with E-state index in [2.05, 4.69) is 9.80 Å². The Balaban J connectivity index is 1.61. The molecule has 0 aliphatic carbocycles. The highest BCUT2D eigenvalue weighted by atomic mass is 16.5. The van der Waals surface area contributed by atoms with Crippen LogP contribution in [0.1, 0.15) is 19.3 Å². The molecule has 2 unspecified atom stereocenters. The number of piperidine rings is 1. The van der Waals surface area contributed by atoms with Crippen molar-refractivity contribution in [2.75, 3.05) is 59.7 Å². The topological polar surface area (TPSA) is 71.2 Å². The molecule has 0 saturated carbocycles. The molecule has 21 heavy (non-hydrogen) atoms. The van der Waals surface area contributed by atoms with Gasteiger partial charge in [0.15, 0.2) is 0 Å². The van der Waals surface area contributed by atoms with Crippen molar-refractivity contribution in [2.24, 2.45) is 5.73 Å². The van der Waals surface area contributed by atoms with Gasteiger partial charge in [0.2, 0.25) is 0 Å². The molecular formula is C15H31N3O3. The lowest BCUT2D eigenvalue weighted by molar-refractivity contribution is 0.00123. The molecule has 0 aromatic heterocycles. The summed E-state index contributed by atoms with van der Waals surface area (Å²) in [6.07, 6.45) is 3.03. The standard InChI is InChI=1S/C15H31N3O3/c1-20-8-9-21-12-15(19)11-17-5-4-14(10-17)18-6-2-13(16)3-7-18/h13-15,19H,2-12,16H2,1H3. The predicted molar refractivity (Wildman–Crippen MR) is 82.3 cm³/mol. The average Bonchev–Trinajstić information content (AvgIpc) is 2.93. The van der Waals surface area contributed by atoms with Crippen molar-refractivity contribution in [1.29, 1.82) is 0 Å². The number of ether oxygens (including phenoxy) is 2. The second-order valence-electron chi connectivity index (χ2n) is 6.30. The van der Waals surface area contributed by atoms with E-state index >= 15 is 0 Å². The van der Waals surface area contributed by atoms with Gasteiger partial charge in [-0.1, -0.05) is 0 Å². The van der Waals surface area contributed by atoms with Crippen LogP contribution in [0.15, 0.2) is 0 Å². The summed E-state index contributed by atoms with van der Waals surface area (Å²) in [6, 6.07) is 1.03. The van der Waals surface area contributed by atoms with Crippen molar-refractivity contribution in [1.82, 2.24) is 9.80 Å². The largest absolute Gasteiger partial charge is 0.389 e. The number of likely N-dealkylation sites (tertiary alicyclic amines) is 2. The Hall–Kier alpha value is -0.240. The third kappa shape index (κ3) is 5.81. The Morgan fingerprint density at radius 3 is 2.67 bits per heavy atom. The summed E-state index contributed by atoms with van der Waals surface area (Å²) in [7, 11) is 1.65. The monoisotopic (exact) mass is 301 g/mol. The maximum atomic E-state index is 10.0. The number of β-amino-alcohol motifs (C(OH)–C–C–N with tert-alkyl or cyclic N) is 1. The number of aliphatic hydroxyl groups excluding tert-OH is 1. The first-order valence-corrected chi connectivity index (χ1v) is 8.15. The molecule has 0 aromatic carbocycles. The van der Waals surface area contributed by atoms with E-state index in [-0.39, 0.29) is 0 Å². The van der Waals surface area contributed by atoms with Crippen molar-refractivity contribution < 1.29 is 14.6 Å². The Bertz CT molecular complexity index is 285. The molecular weight excluding hydrogens is 270 g/mol. The Labute approximate surface area is 128 Å². The van der Waals surface area contributed by atoms with Crippen LogP contribution in [0.5, 0.6) is 0 Å². The summed E-state index contributed by atoms with van der Waals surface area (Å²) in [5, 5.41) is 10.0. The van der Waals surface area contributed by atoms with Gasteiger partial charge in [-0.2, -0.15) is 0 Å². The van der Waals surface area contributed by atoms with Gasteiger partial charge in [-0.15, -0.1) is 0 Å². The van der Waals surface area contributed by atoms with Crippen LogP contribution < -0.4 is 5.73 Å². The van der Waals surface area contributed by atoms with E-state index in [9.17, 15) is 5.11 Å². The first-order chi connectivity index (χ1) is 10.2. The highest BCUT2D eigenvalue weighted by Crippen LogP contribution is 2.20. The van der Waals surface area contributed by atoms with Crippen molar-refractivity contribution >= 4 is 0 Å². The number of rotatable bonds is 8. The van der Waals surface area contributed by atoms with Gasteiger partial charge in [0.1, 0.15) is 0 Å². The Kier molecular flexibility index (Phi) is 7.36. The molecule has 0 amide bonds. The van der Waals surface area contributed by atoms with Gasteiger partial charge in [-0.3, -0.25) is 9.80 Å². The highest BCUT2D eigenvalue weighted by Gasteiger charge is 2.30. The lowest BCUT2D eigenvalue weighted by atomic mass is 10.0. The van der Waals surface area contributed by atoms with Crippen molar-refractivity contribution in [3.8, 4) is 0 Å². The molecule has 0 spiro atoms. The Morgan fingerprint density at radius 2 is 1.95 bits per heavy atom. The lowest BCUT2D eigenvalue weighted by Gasteiger charge is -2.34. The van der Waals surface area contributed by atoms with E-state index < -0.39 is 6.10 Å². The number of methoxy groups -OCH3 is 1. The molecule has 2 rings (SSSR count). The zero-order chi connectivity index (χ0) is 15.1. The van der Waals surface area contributed by atoms with Crippen LogP contribution in [-0.2, 0) is 9.47 Å². The molecule has 2 aliphatic rings. The van der Waals surface area contributed by atoms with Gasteiger partial charge in [0, 0.05) is 32.3 Å². The van der Waals surface area contributed by atoms with Crippen molar-refractivity contribution in [3.05, 3.63) is 0 Å². The van der Waals surface area contributed by atoms with E-state index in [0.717, 1.165) is 39.0 Å². The van der Waals surface area contributed by atoms with E-state index in [1.165, 1.54) is 6.42 Å². The Morgan fingerprint density at radius 1 is 1.19 bits per heavy atom. The number of hydrogen-bond acceptors (Lipinski definition) is 6. The van der Waals surface area contributed by atoms with Crippen LogP contribution in [-0.4, -0.2) is 92.7 Å². The van der Waals surface area contributed by atoms with Crippen LogP contribution >= 0.6 is 0 Å². The molecule has 6 nitrogen and oxygen atoms in total. The maximum absolute atomic E-state index is 10.0. The molecule has 0 aromatic rings. The zero-order valence-corrected chi connectivity index (χ0v) is 13.2. The summed E-state index contributed by atoms with van der Waals surface area (Å²) in [6.45, 7) is 6.61. The number of aliphatic hydroxyl groups is 1. The molecule has 124 valence electrons. The van der Waals surface area contributed by atoms with E-state index in [4.69, 9.17) is 15.2 Å². The molecule has 2 atom stereocenters. The summed E-state index contributed by atoms with van der Waals surface area (Å²) in [4.78, 5) is 4.92. The lowest BCUT2D eigenvalue weighted by Crippen LogP contribution is -2.46. The van der Waals surface area contributed by atoms with E-state index in [1.54, 1.807) is 7.11 Å². The summed E-state index contributed by atoms with van der Waals surface area (Å²) >= 11 is 0. The minimum atomic E-state index is -0.407.